The minimum atomic E-state index is -0.196. The van der Waals surface area contributed by atoms with Crippen LogP contribution in [0.5, 0.6) is 0 Å². The molecule has 1 atom stereocenters. The molecule has 1 aliphatic heterocycles. The Labute approximate surface area is 164 Å². The Bertz CT molecular complexity index is 871. The summed E-state index contributed by atoms with van der Waals surface area (Å²) in [6, 6.07) is 17.2. The number of hydrogen-bond donors (Lipinski definition) is 0. The zero-order valence-corrected chi connectivity index (χ0v) is 16.1. The maximum absolute atomic E-state index is 13.2. The van der Waals surface area contributed by atoms with E-state index >= 15 is 0 Å². The van der Waals surface area contributed by atoms with Gasteiger partial charge in [-0.1, -0.05) is 37.3 Å². The number of nitrogens with zero attached hydrogens (tertiary/aromatic N) is 6. The molecule has 0 N–H and O–H groups in total. The lowest BCUT2D eigenvalue weighted by atomic mass is 10.1. The van der Waals surface area contributed by atoms with Gasteiger partial charge in [0.2, 0.25) is 0 Å². The Morgan fingerprint density at radius 2 is 1.68 bits per heavy atom. The van der Waals surface area contributed by atoms with Crippen molar-refractivity contribution in [2.24, 2.45) is 0 Å². The van der Waals surface area contributed by atoms with Crippen LogP contribution in [0.1, 0.15) is 30.8 Å². The Morgan fingerprint density at radius 3 is 2.36 bits per heavy atom. The van der Waals surface area contributed by atoms with Crippen LogP contribution in [0.15, 0.2) is 54.6 Å². The third-order valence-electron chi connectivity index (χ3n) is 5.37. The van der Waals surface area contributed by atoms with E-state index in [4.69, 9.17) is 0 Å². The molecule has 1 aliphatic rings. The van der Waals surface area contributed by atoms with Crippen LogP contribution in [0.3, 0.4) is 0 Å². The lowest BCUT2D eigenvalue weighted by molar-refractivity contribution is 0.169. The first-order valence-corrected chi connectivity index (χ1v) is 9.79. The molecule has 2 aromatic carbocycles. The quantitative estimate of drug-likeness (QED) is 0.658. The summed E-state index contributed by atoms with van der Waals surface area (Å²) in [4.78, 5) is 4.75. The highest BCUT2D eigenvalue weighted by molar-refractivity contribution is 5.46. The molecule has 0 amide bonds. The number of benzene rings is 2. The minimum Gasteiger partial charge on any atom is -0.369 e. The van der Waals surface area contributed by atoms with Crippen molar-refractivity contribution >= 4 is 5.69 Å². The third-order valence-corrected chi connectivity index (χ3v) is 5.37. The summed E-state index contributed by atoms with van der Waals surface area (Å²) in [5.41, 5.74) is 2.26. The van der Waals surface area contributed by atoms with Gasteiger partial charge in [-0.15, -0.1) is 5.10 Å². The molecule has 1 fully saturated rings. The first kappa shape index (κ1) is 18.6. The van der Waals surface area contributed by atoms with Gasteiger partial charge in [-0.25, -0.2) is 9.07 Å². The van der Waals surface area contributed by atoms with E-state index in [1.54, 1.807) is 0 Å². The summed E-state index contributed by atoms with van der Waals surface area (Å²) >= 11 is 0. The van der Waals surface area contributed by atoms with Crippen LogP contribution < -0.4 is 4.90 Å². The normalized spacial score (nSPS) is 16.3. The molecule has 3 aromatic rings. The molecule has 0 aliphatic carbocycles. The van der Waals surface area contributed by atoms with E-state index in [1.807, 2.05) is 35.0 Å². The number of piperazine rings is 1. The predicted octanol–water partition coefficient (Wildman–Crippen LogP) is 3.13. The van der Waals surface area contributed by atoms with Gasteiger partial charge in [0, 0.05) is 31.9 Å². The molecule has 0 saturated carbocycles. The van der Waals surface area contributed by atoms with E-state index < -0.39 is 0 Å². The van der Waals surface area contributed by atoms with Crippen LogP contribution in [-0.2, 0) is 6.54 Å². The zero-order chi connectivity index (χ0) is 19.3. The van der Waals surface area contributed by atoms with E-state index in [2.05, 4.69) is 44.4 Å². The van der Waals surface area contributed by atoms with Crippen LogP contribution in [0.2, 0.25) is 0 Å². The van der Waals surface area contributed by atoms with Crippen LogP contribution >= 0.6 is 0 Å². The van der Waals surface area contributed by atoms with Crippen molar-refractivity contribution in [1.29, 1.82) is 0 Å². The summed E-state index contributed by atoms with van der Waals surface area (Å²) in [7, 11) is 0. The number of rotatable bonds is 6. The molecular formula is C21H25FN6. The molecule has 0 bridgehead atoms. The third kappa shape index (κ3) is 4.04. The molecule has 28 heavy (non-hydrogen) atoms. The Balaban J connectivity index is 1.44. The highest BCUT2D eigenvalue weighted by Gasteiger charge is 2.28. The van der Waals surface area contributed by atoms with E-state index in [-0.39, 0.29) is 11.9 Å². The van der Waals surface area contributed by atoms with Crippen LogP contribution in [0, 0.1) is 5.82 Å². The number of aromatic nitrogens is 4. The summed E-state index contributed by atoms with van der Waals surface area (Å²) in [5, 5.41) is 12.5. The molecule has 1 aromatic heterocycles. The molecule has 2 heterocycles. The average Bonchev–Trinajstić information content (AvgIpc) is 3.18. The van der Waals surface area contributed by atoms with E-state index in [0.717, 1.165) is 44.1 Å². The van der Waals surface area contributed by atoms with Gasteiger partial charge in [0.25, 0.3) is 0 Å². The summed E-state index contributed by atoms with van der Waals surface area (Å²) in [6.07, 6.45) is 0.950. The largest absolute Gasteiger partial charge is 0.369 e. The summed E-state index contributed by atoms with van der Waals surface area (Å²) in [5.74, 6) is 0.722. The fourth-order valence-corrected chi connectivity index (χ4v) is 3.87. The Hall–Kier alpha value is -2.80. The highest BCUT2D eigenvalue weighted by Crippen LogP contribution is 2.25. The van der Waals surface area contributed by atoms with Crippen molar-refractivity contribution < 1.29 is 4.39 Å². The van der Waals surface area contributed by atoms with Gasteiger partial charge in [0.05, 0.1) is 12.6 Å². The SMILES string of the molecule is CC[C@H](c1nnnn1Cc1ccccc1)N1CCN(c2ccc(F)cc2)CC1. The summed E-state index contributed by atoms with van der Waals surface area (Å²) < 4.78 is 15.1. The van der Waals surface area contributed by atoms with Gasteiger partial charge in [-0.3, -0.25) is 4.90 Å². The van der Waals surface area contributed by atoms with E-state index in [1.165, 1.54) is 17.7 Å². The molecule has 1 saturated heterocycles. The lowest BCUT2D eigenvalue weighted by Gasteiger charge is -2.39. The smallest absolute Gasteiger partial charge is 0.168 e. The predicted molar refractivity (Wildman–Crippen MR) is 107 cm³/mol. The maximum atomic E-state index is 13.2. The number of halogens is 1. The second kappa shape index (κ2) is 8.48. The number of hydrogen-bond acceptors (Lipinski definition) is 5. The minimum absolute atomic E-state index is 0.189. The van der Waals surface area contributed by atoms with Crippen molar-refractivity contribution in [2.45, 2.75) is 25.9 Å². The average molecular weight is 380 g/mol. The maximum Gasteiger partial charge on any atom is 0.168 e. The lowest BCUT2D eigenvalue weighted by Crippen LogP contribution is -2.48. The number of tetrazole rings is 1. The first-order chi connectivity index (χ1) is 13.7. The molecule has 146 valence electrons. The van der Waals surface area contributed by atoms with Crippen molar-refractivity contribution in [1.82, 2.24) is 25.1 Å². The van der Waals surface area contributed by atoms with Gasteiger partial charge in [-0.2, -0.15) is 0 Å². The van der Waals surface area contributed by atoms with E-state index in [9.17, 15) is 4.39 Å². The Morgan fingerprint density at radius 1 is 0.964 bits per heavy atom. The molecule has 0 spiro atoms. The van der Waals surface area contributed by atoms with Gasteiger partial charge < -0.3 is 4.90 Å². The molecule has 6 nitrogen and oxygen atoms in total. The van der Waals surface area contributed by atoms with Gasteiger partial charge in [-0.05, 0) is 46.7 Å². The Kier molecular flexibility index (Phi) is 5.62. The van der Waals surface area contributed by atoms with Gasteiger partial charge in [0.1, 0.15) is 5.82 Å². The molecule has 0 unspecified atom stereocenters. The molecule has 7 heteroatoms. The molecule has 0 radical (unpaired) electrons. The fourth-order valence-electron chi connectivity index (χ4n) is 3.87. The summed E-state index contributed by atoms with van der Waals surface area (Å²) in [6.45, 7) is 6.51. The molecule has 4 rings (SSSR count). The van der Waals surface area contributed by atoms with Gasteiger partial charge in [0.15, 0.2) is 5.82 Å². The highest BCUT2D eigenvalue weighted by atomic mass is 19.1. The second-order valence-corrected chi connectivity index (χ2v) is 7.10. The van der Waals surface area contributed by atoms with Crippen LogP contribution in [-0.4, -0.2) is 51.3 Å². The zero-order valence-electron chi connectivity index (χ0n) is 16.1. The van der Waals surface area contributed by atoms with Crippen molar-refractivity contribution in [3.63, 3.8) is 0 Å². The van der Waals surface area contributed by atoms with E-state index in [0.29, 0.717) is 6.54 Å². The van der Waals surface area contributed by atoms with Crippen LogP contribution in [0.4, 0.5) is 10.1 Å². The van der Waals surface area contributed by atoms with Crippen molar-refractivity contribution in [2.75, 3.05) is 31.1 Å². The monoisotopic (exact) mass is 380 g/mol. The second-order valence-electron chi connectivity index (χ2n) is 7.10. The van der Waals surface area contributed by atoms with Crippen molar-refractivity contribution in [3.05, 3.63) is 71.8 Å². The standard InChI is InChI=1S/C21H25FN6/c1-2-20(21-23-24-25-28(21)16-17-6-4-3-5-7-17)27-14-12-26(13-15-27)19-10-8-18(22)9-11-19/h3-11,20H,2,12-16H2,1H3/t20-/m1/s1. The molecular weight excluding hydrogens is 355 g/mol. The van der Waals surface area contributed by atoms with Gasteiger partial charge >= 0.3 is 0 Å². The topological polar surface area (TPSA) is 50.1 Å². The fraction of sp³-hybridized carbons (Fsp3) is 0.381. The first-order valence-electron chi connectivity index (χ1n) is 9.79. The number of anilines is 1. The van der Waals surface area contributed by atoms with Crippen LogP contribution in [0.25, 0.3) is 0 Å². The van der Waals surface area contributed by atoms with Crippen molar-refractivity contribution in [3.8, 4) is 0 Å².